The van der Waals surface area contributed by atoms with Crippen molar-refractivity contribution < 1.29 is 13.5 Å². The highest BCUT2D eigenvalue weighted by Gasteiger charge is 2.11. The lowest BCUT2D eigenvalue weighted by Gasteiger charge is -2.23. The standard InChI is InChI=1S/C13H18F2N2O/c14-13(15)18-12-5-3-10(4-6-12)8-17-11-2-1-7-16-9-11/h3-6,11,13,16-17H,1-2,7-9H2. The van der Waals surface area contributed by atoms with Crippen molar-refractivity contribution in [3.05, 3.63) is 29.8 Å². The third kappa shape index (κ3) is 4.23. The molecule has 1 aromatic carbocycles. The minimum absolute atomic E-state index is 0.202. The summed E-state index contributed by atoms with van der Waals surface area (Å²) >= 11 is 0. The molecule has 1 heterocycles. The first-order chi connectivity index (χ1) is 8.74. The summed E-state index contributed by atoms with van der Waals surface area (Å²) < 4.78 is 28.2. The summed E-state index contributed by atoms with van der Waals surface area (Å²) in [5, 5.41) is 6.78. The summed E-state index contributed by atoms with van der Waals surface area (Å²) in [5.74, 6) is 0.202. The van der Waals surface area contributed by atoms with Crippen LogP contribution in [0.2, 0.25) is 0 Å². The van der Waals surface area contributed by atoms with E-state index in [2.05, 4.69) is 15.4 Å². The number of nitrogens with one attached hydrogen (secondary N) is 2. The number of rotatable bonds is 5. The fourth-order valence-electron chi connectivity index (χ4n) is 2.08. The Morgan fingerprint density at radius 1 is 1.33 bits per heavy atom. The quantitative estimate of drug-likeness (QED) is 0.846. The molecule has 100 valence electrons. The Morgan fingerprint density at radius 2 is 2.11 bits per heavy atom. The first-order valence-corrected chi connectivity index (χ1v) is 6.22. The van der Waals surface area contributed by atoms with Crippen molar-refractivity contribution in [2.75, 3.05) is 13.1 Å². The van der Waals surface area contributed by atoms with E-state index >= 15 is 0 Å². The molecule has 0 spiro atoms. The van der Waals surface area contributed by atoms with E-state index in [9.17, 15) is 8.78 Å². The number of piperidine rings is 1. The molecule has 5 heteroatoms. The zero-order chi connectivity index (χ0) is 12.8. The van der Waals surface area contributed by atoms with Crippen molar-refractivity contribution in [3.8, 4) is 5.75 Å². The summed E-state index contributed by atoms with van der Waals surface area (Å²) in [4.78, 5) is 0. The van der Waals surface area contributed by atoms with Crippen LogP contribution in [0, 0.1) is 0 Å². The molecule has 0 radical (unpaired) electrons. The van der Waals surface area contributed by atoms with Gasteiger partial charge in [-0.05, 0) is 37.1 Å². The predicted octanol–water partition coefficient (Wildman–Crippen LogP) is 2.13. The topological polar surface area (TPSA) is 33.3 Å². The molecule has 1 unspecified atom stereocenters. The second kappa shape index (κ2) is 6.66. The summed E-state index contributed by atoms with van der Waals surface area (Å²) in [5.41, 5.74) is 1.07. The number of benzene rings is 1. The minimum atomic E-state index is -2.76. The maximum absolute atomic E-state index is 12.0. The Labute approximate surface area is 106 Å². The van der Waals surface area contributed by atoms with Gasteiger partial charge in [0.1, 0.15) is 5.75 Å². The lowest BCUT2D eigenvalue weighted by Crippen LogP contribution is -2.42. The largest absolute Gasteiger partial charge is 0.435 e. The van der Waals surface area contributed by atoms with E-state index in [1.54, 1.807) is 24.3 Å². The predicted molar refractivity (Wildman–Crippen MR) is 65.8 cm³/mol. The van der Waals surface area contributed by atoms with Crippen molar-refractivity contribution >= 4 is 0 Å². The zero-order valence-corrected chi connectivity index (χ0v) is 10.2. The fourth-order valence-corrected chi connectivity index (χ4v) is 2.08. The molecule has 1 aromatic rings. The van der Waals surface area contributed by atoms with Crippen LogP contribution < -0.4 is 15.4 Å². The van der Waals surface area contributed by atoms with Crippen LogP contribution in [-0.2, 0) is 6.54 Å². The smallest absolute Gasteiger partial charge is 0.387 e. The van der Waals surface area contributed by atoms with Crippen LogP contribution in [-0.4, -0.2) is 25.7 Å². The van der Waals surface area contributed by atoms with Gasteiger partial charge in [0.2, 0.25) is 0 Å². The number of hydrogen-bond donors (Lipinski definition) is 2. The second-order valence-corrected chi connectivity index (χ2v) is 4.45. The van der Waals surface area contributed by atoms with E-state index in [1.807, 2.05) is 0 Å². The van der Waals surface area contributed by atoms with E-state index in [-0.39, 0.29) is 5.75 Å². The second-order valence-electron chi connectivity index (χ2n) is 4.45. The molecule has 0 bridgehead atoms. The lowest BCUT2D eigenvalue weighted by atomic mass is 10.1. The van der Waals surface area contributed by atoms with Gasteiger partial charge in [0.05, 0.1) is 0 Å². The number of halogens is 2. The molecule has 1 aliphatic heterocycles. The molecular formula is C13H18F2N2O. The average Bonchev–Trinajstić information content (AvgIpc) is 2.38. The van der Waals surface area contributed by atoms with Crippen LogP contribution in [0.15, 0.2) is 24.3 Å². The Kier molecular flexibility index (Phi) is 4.90. The molecule has 0 aliphatic carbocycles. The average molecular weight is 256 g/mol. The molecule has 1 aliphatic rings. The molecule has 0 saturated carbocycles. The van der Waals surface area contributed by atoms with Gasteiger partial charge in [0, 0.05) is 19.1 Å². The lowest BCUT2D eigenvalue weighted by molar-refractivity contribution is -0.0498. The molecule has 2 N–H and O–H groups in total. The SMILES string of the molecule is FC(F)Oc1ccc(CNC2CCCNC2)cc1. The summed E-state index contributed by atoms with van der Waals surface area (Å²) in [6.45, 7) is 0.0772. The van der Waals surface area contributed by atoms with Gasteiger partial charge in [-0.2, -0.15) is 8.78 Å². The molecule has 1 saturated heterocycles. The number of ether oxygens (including phenoxy) is 1. The zero-order valence-electron chi connectivity index (χ0n) is 10.2. The Bertz CT molecular complexity index is 351. The van der Waals surface area contributed by atoms with Gasteiger partial charge < -0.3 is 15.4 Å². The van der Waals surface area contributed by atoms with Crippen molar-refractivity contribution in [3.63, 3.8) is 0 Å². The molecule has 1 atom stereocenters. The highest BCUT2D eigenvalue weighted by atomic mass is 19.3. The molecular weight excluding hydrogens is 238 g/mol. The van der Waals surface area contributed by atoms with E-state index < -0.39 is 6.61 Å². The van der Waals surface area contributed by atoms with Gasteiger partial charge in [-0.25, -0.2) is 0 Å². The number of hydrogen-bond acceptors (Lipinski definition) is 3. The van der Waals surface area contributed by atoms with Crippen LogP contribution in [0.4, 0.5) is 8.78 Å². The molecule has 1 fully saturated rings. The van der Waals surface area contributed by atoms with Crippen LogP contribution >= 0.6 is 0 Å². The molecule has 3 nitrogen and oxygen atoms in total. The molecule has 0 amide bonds. The van der Waals surface area contributed by atoms with Crippen LogP contribution in [0.1, 0.15) is 18.4 Å². The highest BCUT2D eigenvalue weighted by Crippen LogP contribution is 2.15. The van der Waals surface area contributed by atoms with Crippen LogP contribution in [0.25, 0.3) is 0 Å². The molecule has 2 rings (SSSR count). The number of alkyl halides is 2. The van der Waals surface area contributed by atoms with Gasteiger partial charge >= 0.3 is 6.61 Å². The van der Waals surface area contributed by atoms with Gasteiger partial charge in [-0.3, -0.25) is 0 Å². The fraction of sp³-hybridized carbons (Fsp3) is 0.538. The Hall–Kier alpha value is -1.20. The molecule has 18 heavy (non-hydrogen) atoms. The third-order valence-electron chi connectivity index (χ3n) is 3.04. The van der Waals surface area contributed by atoms with Crippen LogP contribution in [0.3, 0.4) is 0 Å². The van der Waals surface area contributed by atoms with Gasteiger partial charge in [0.25, 0.3) is 0 Å². The van der Waals surface area contributed by atoms with Gasteiger partial charge in [-0.15, -0.1) is 0 Å². The maximum Gasteiger partial charge on any atom is 0.387 e. The summed E-state index contributed by atoms with van der Waals surface area (Å²) in [7, 11) is 0. The van der Waals surface area contributed by atoms with E-state index in [0.717, 1.165) is 25.2 Å². The Balaban J connectivity index is 1.78. The van der Waals surface area contributed by atoms with E-state index in [0.29, 0.717) is 6.04 Å². The van der Waals surface area contributed by atoms with Crippen molar-refractivity contribution in [2.45, 2.75) is 32.0 Å². The monoisotopic (exact) mass is 256 g/mol. The maximum atomic E-state index is 12.0. The van der Waals surface area contributed by atoms with Crippen molar-refractivity contribution in [2.24, 2.45) is 0 Å². The third-order valence-corrected chi connectivity index (χ3v) is 3.04. The van der Waals surface area contributed by atoms with Gasteiger partial charge in [0.15, 0.2) is 0 Å². The van der Waals surface area contributed by atoms with Crippen molar-refractivity contribution in [1.82, 2.24) is 10.6 Å². The summed E-state index contributed by atoms with van der Waals surface area (Å²) in [6.07, 6.45) is 2.37. The normalized spacial score (nSPS) is 20.1. The van der Waals surface area contributed by atoms with E-state index in [1.165, 1.54) is 12.8 Å². The highest BCUT2D eigenvalue weighted by molar-refractivity contribution is 5.27. The summed E-state index contributed by atoms with van der Waals surface area (Å²) in [6, 6.07) is 7.25. The molecule has 0 aromatic heterocycles. The van der Waals surface area contributed by atoms with Crippen molar-refractivity contribution in [1.29, 1.82) is 0 Å². The Morgan fingerprint density at radius 3 is 2.72 bits per heavy atom. The first-order valence-electron chi connectivity index (χ1n) is 6.22. The van der Waals surface area contributed by atoms with Gasteiger partial charge in [-0.1, -0.05) is 12.1 Å². The van der Waals surface area contributed by atoms with Crippen LogP contribution in [0.5, 0.6) is 5.75 Å². The first kappa shape index (κ1) is 13.2. The van der Waals surface area contributed by atoms with E-state index in [4.69, 9.17) is 0 Å². The minimum Gasteiger partial charge on any atom is -0.435 e.